The molecule has 3 rings (SSSR count). The number of nitrogens with zero attached hydrogens (tertiary/aromatic N) is 2. The third kappa shape index (κ3) is 3.10. The lowest BCUT2D eigenvalue weighted by molar-refractivity contribution is 0.694. The summed E-state index contributed by atoms with van der Waals surface area (Å²) >= 11 is 0. The van der Waals surface area contributed by atoms with E-state index in [0.717, 1.165) is 47.4 Å². The van der Waals surface area contributed by atoms with Gasteiger partial charge in [-0.3, -0.25) is 9.36 Å². The summed E-state index contributed by atoms with van der Waals surface area (Å²) in [6, 6.07) is 13.8. The van der Waals surface area contributed by atoms with Crippen molar-refractivity contribution in [2.24, 2.45) is 5.73 Å². The summed E-state index contributed by atoms with van der Waals surface area (Å²) in [6.07, 6.45) is 2.59. The molecule has 3 aromatic rings. The molecule has 0 unspecified atom stereocenters. The molecule has 0 aliphatic carbocycles. The lowest BCUT2D eigenvalue weighted by atomic mass is 10.1. The number of benzene rings is 2. The minimum atomic E-state index is 0.00597. The molecule has 2 N–H and O–H groups in total. The molecule has 0 amide bonds. The Morgan fingerprint density at radius 3 is 2.62 bits per heavy atom. The molecule has 0 atom stereocenters. The summed E-state index contributed by atoms with van der Waals surface area (Å²) < 4.78 is 1.76. The van der Waals surface area contributed by atoms with Crippen molar-refractivity contribution in [2.75, 3.05) is 6.54 Å². The summed E-state index contributed by atoms with van der Waals surface area (Å²) in [6.45, 7) is 4.64. The molecule has 4 nitrogen and oxygen atoms in total. The van der Waals surface area contributed by atoms with Gasteiger partial charge in [-0.2, -0.15) is 0 Å². The van der Waals surface area contributed by atoms with E-state index < -0.39 is 0 Å². The Labute approximate surface area is 142 Å². The molecular weight excluding hydrogens is 298 g/mol. The zero-order valence-electron chi connectivity index (χ0n) is 14.2. The molecule has 24 heavy (non-hydrogen) atoms. The lowest BCUT2D eigenvalue weighted by Crippen LogP contribution is -2.24. The number of hydrogen-bond acceptors (Lipinski definition) is 3. The van der Waals surface area contributed by atoms with Crippen molar-refractivity contribution in [2.45, 2.75) is 33.1 Å². The Hall–Kier alpha value is -2.46. The molecule has 1 aromatic heterocycles. The molecule has 0 spiro atoms. The second kappa shape index (κ2) is 6.97. The van der Waals surface area contributed by atoms with Crippen LogP contribution in [0.4, 0.5) is 0 Å². The van der Waals surface area contributed by atoms with Gasteiger partial charge >= 0.3 is 0 Å². The number of fused-ring (bicyclic) bond motifs is 1. The zero-order chi connectivity index (χ0) is 17.1. The van der Waals surface area contributed by atoms with E-state index in [1.54, 1.807) is 4.57 Å². The van der Waals surface area contributed by atoms with Crippen LogP contribution >= 0.6 is 0 Å². The predicted molar refractivity (Wildman–Crippen MR) is 98.8 cm³/mol. The lowest BCUT2D eigenvalue weighted by Gasteiger charge is -2.15. The van der Waals surface area contributed by atoms with Gasteiger partial charge in [0.15, 0.2) is 0 Å². The van der Waals surface area contributed by atoms with Crippen molar-refractivity contribution in [3.8, 4) is 5.69 Å². The Bertz CT molecular complexity index is 928. The molecule has 0 aliphatic heterocycles. The van der Waals surface area contributed by atoms with E-state index in [9.17, 15) is 4.79 Å². The molecule has 0 saturated heterocycles. The van der Waals surface area contributed by atoms with Crippen LogP contribution in [-0.4, -0.2) is 16.1 Å². The largest absolute Gasteiger partial charge is 0.330 e. The first kappa shape index (κ1) is 16.4. The van der Waals surface area contributed by atoms with Crippen LogP contribution < -0.4 is 11.3 Å². The van der Waals surface area contributed by atoms with Crippen molar-refractivity contribution >= 4 is 10.9 Å². The predicted octanol–water partition coefficient (Wildman–Crippen LogP) is 3.28. The second-order valence-corrected chi connectivity index (χ2v) is 6.22. The van der Waals surface area contributed by atoms with Crippen molar-refractivity contribution in [1.82, 2.24) is 9.55 Å². The van der Waals surface area contributed by atoms with Crippen LogP contribution in [0.5, 0.6) is 0 Å². The highest BCUT2D eigenvalue weighted by Crippen LogP contribution is 2.18. The van der Waals surface area contributed by atoms with Crippen molar-refractivity contribution in [3.05, 3.63) is 69.8 Å². The van der Waals surface area contributed by atoms with E-state index in [4.69, 9.17) is 10.7 Å². The Morgan fingerprint density at radius 2 is 1.88 bits per heavy atom. The maximum atomic E-state index is 13.2. The van der Waals surface area contributed by atoms with E-state index in [2.05, 4.69) is 0 Å². The fraction of sp³-hybridized carbons (Fsp3) is 0.300. The van der Waals surface area contributed by atoms with Gasteiger partial charge < -0.3 is 5.73 Å². The summed E-state index contributed by atoms with van der Waals surface area (Å²) in [5.74, 6) is 0.803. The summed E-state index contributed by atoms with van der Waals surface area (Å²) in [4.78, 5) is 18.0. The molecule has 124 valence electrons. The summed E-state index contributed by atoms with van der Waals surface area (Å²) in [5.41, 5.74) is 9.35. The smallest absolute Gasteiger partial charge is 0.266 e. The van der Waals surface area contributed by atoms with Crippen LogP contribution in [0.15, 0.2) is 47.3 Å². The van der Waals surface area contributed by atoms with Gasteiger partial charge in [0.05, 0.1) is 16.6 Å². The van der Waals surface area contributed by atoms with Gasteiger partial charge in [-0.1, -0.05) is 24.3 Å². The number of unbranched alkanes of at least 4 members (excludes halogenated alkanes) is 1. The first-order valence-corrected chi connectivity index (χ1v) is 8.40. The quantitative estimate of drug-likeness (QED) is 0.734. The molecule has 0 fully saturated rings. The molecule has 0 bridgehead atoms. The third-order valence-corrected chi connectivity index (χ3v) is 4.29. The molecule has 0 saturated carbocycles. The van der Waals surface area contributed by atoms with Crippen LogP contribution in [0, 0.1) is 13.8 Å². The zero-order valence-corrected chi connectivity index (χ0v) is 14.2. The van der Waals surface area contributed by atoms with Gasteiger partial charge in [-0.05, 0) is 62.6 Å². The molecule has 1 heterocycles. The van der Waals surface area contributed by atoms with Crippen LogP contribution in [-0.2, 0) is 6.42 Å². The van der Waals surface area contributed by atoms with Gasteiger partial charge in [0.25, 0.3) is 5.56 Å². The monoisotopic (exact) mass is 321 g/mol. The van der Waals surface area contributed by atoms with Crippen LogP contribution in [0.3, 0.4) is 0 Å². The second-order valence-electron chi connectivity index (χ2n) is 6.22. The van der Waals surface area contributed by atoms with Crippen LogP contribution in [0.2, 0.25) is 0 Å². The van der Waals surface area contributed by atoms with E-state index in [-0.39, 0.29) is 5.56 Å². The van der Waals surface area contributed by atoms with Crippen LogP contribution in [0.1, 0.15) is 29.8 Å². The number of rotatable bonds is 5. The first-order valence-electron chi connectivity index (χ1n) is 8.40. The highest BCUT2D eigenvalue weighted by molar-refractivity contribution is 5.81. The maximum absolute atomic E-state index is 13.2. The standard InChI is InChI=1S/C20H23N3O/c1-14-7-5-9-16(13-14)23-18(11-3-4-12-21)22-17-10-6-8-15(2)19(17)20(23)24/h5-10,13H,3-4,11-12,21H2,1-2H3. The fourth-order valence-electron chi connectivity index (χ4n) is 3.07. The van der Waals surface area contributed by atoms with E-state index in [0.29, 0.717) is 11.9 Å². The fourth-order valence-corrected chi connectivity index (χ4v) is 3.07. The SMILES string of the molecule is Cc1cccc(-n2c(CCCCN)nc3cccc(C)c3c2=O)c1. The highest BCUT2D eigenvalue weighted by Gasteiger charge is 2.14. The minimum Gasteiger partial charge on any atom is -0.330 e. The summed E-state index contributed by atoms with van der Waals surface area (Å²) in [5, 5.41) is 0.696. The number of aromatic nitrogens is 2. The van der Waals surface area contributed by atoms with Crippen molar-refractivity contribution in [1.29, 1.82) is 0 Å². The molecule has 4 heteroatoms. The van der Waals surface area contributed by atoms with Crippen LogP contribution in [0.25, 0.3) is 16.6 Å². The Kier molecular flexibility index (Phi) is 4.76. The molecule has 0 radical (unpaired) electrons. The van der Waals surface area contributed by atoms with Crippen molar-refractivity contribution < 1.29 is 0 Å². The van der Waals surface area contributed by atoms with E-state index in [1.807, 2.05) is 56.3 Å². The Balaban J connectivity index is 2.26. The van der Waals surface area contributed by atoms with Gasteiger partial charge in [-0.15, -0.1) is 0 Å². The normalized spacial score (nSPS) is 11.1. The van der Waals surface area contributed by atoms with Crippen molar-refractivity contribution in [3.63, 3.8) is 0 Å². The minimum absolute atomic E-state index is 0.00597. The Morgan fingerprint density at radius 1 is 1.08 bits per heavy atom. The van der Waals surface area contributed by atoms with Gasteiger partial charge in [0, 0.05) is 6.42 Å². The molecular formula is C20H23N3O. The highest BCUT2D eigenvalue weighted by atomic mass is 16.1. The topological polar surface area (TPSA) is 60.9 Å². The van der Waals surface area contributed by atoms with Gasteiger partial charge in [-0.25, -0.2) is 4.98 Å². The average molecular weight is 321 g/mol. The number of aryl methyl sites for hydroxylation is 3. The van der Waals surface area contributed by atoms with Gasteiger partial charge in [0.2, 0.25) is 0 Å². The average Bonchev–Trinajstić information content (AvgIpc) is 2.55. The van der Waals surface area contributed by atoms with Gasteiger partial charge in [0.1, 0.15) is 5.82 Å². The first-order chi connectivity index (χ1) is 11.6. The number of hydrogen-bond donors (Lipinski definition) is 1. The molecule has 2 aromatic carbocycles. The van der Waals surface area contributed by atoms with E-state index >= 15 is 0 Å². The molecule has 0 aliphatic rings. The summed E-state index contributed by atoms with van der Waals surface area (Å²) in [7, 11) is 0. The number of nitrogens with two attached hydrogens (primary N) is 1. The third-order valence-electron chi connectivity index (χ3n) is 4.29. The maximum Gasteiger partial charge on any atom is 0.266 e. The van der Waals surface area contributed by atoms with E-state index in [1.165, 1.54) is 0 Å².